The SMILES string of the molecule is CCCCON(C)C(=O)Nc1ccc(Sc2nc(Br)c(Br)c(Br)c2Br)cc1. The number of pyridine rings is 1. The van der Waals surface area contributed by atoms with Gasteiger partial charge in [0, 0.05) is 17.6 Å². The number of aromatic nitrogens is 1. The van der Waals surface area contributed by atoms with Gasteiger partial charge >= 0.3 is 6.03 Å². The van der Waals surface area contributed by atoms with Gasteiger partial charge in [-0.05, 0) is 94.4 Å². The summed E-state index contributed by atoms with van der Waals surface area (Å²) in [6.45, 7) is 2.60. The van der Waals surface area contributed by atoms with Crippen molar-refractivity contribution in [1.82, 2.24) is 10.0 Å². The van der Waals surface area contributed by atoms with Crippen LogP contribution in [0.5, 0.6) is 0 Å². The average molecular weight is 647 g/mol. The Bertz CT molecular complexity index is 806. The summed E-state index contributed by atoms with van der Waals surface area (Å²) in [6, 6.07) is 7.23. The van der Waals surface area contributed by atoms with Crippen LogP contribution in [0.25, 0.3) is 0 Å². The fraction of sp³-hybridized carbons (Fsp3) is 0.294. The van der Waals surface area contributed by atoms with Crippen molar-refractivity contribution in [2.75, 3.05) is 19.0 Å². The van der Waals surface area contributed by atoms with Crippen LogP contribution in [0, 0.1) is 0 Å². The molecule has 1 heterocycles. The molecule has 10 heteroatoms. The Kier molecular flexibility index (Phi) is 9.57. The van der Waals surface area contributed by atoms with Crippen molar-refractivity contribution < 1.29 is 9.63 Å². The predicted octanol–water partition coefficient (Wildman–Crippen LogP) is 7.48. The summed E-state index contributed by atoms with van der Waals surface area (Å²) < 4.78 is 3.32. The van der Waals surface area contributed by atoms with E-state index < -0.39 is 0 Å². The highest BCUT2D eigenvalue weighted by Gasteiger charge is 2.15. The zero-order chi connectivity index (χ0) is 20.0. The topological polar surface area (TPSA) is 54.5 Å². The third-order valence-electron chi connectivity index (χ3n) is 3.34. The van der Waals surface area contributed by atoms with E-state index >= 15 is 0 Å². The van der Waals surface area contributed by atoms with Crippen LogP contribution in [0.2, 0.25) is 0 Å². The summed E-state index contributed by atoms with van der Waals surface area (Å²) in [5.41, 5.74) is 0.695. The van der Waals surface area contributed by atoms with E-state index in [9.17, 15) is 4.79 Å². The zero-order valence-corrected chi connectivity index (χ0v) is 21.7. The number of carbonyl (C=O) groups is 1. The molecule has 0 saturated heterocycles. The Labute approximate surface area is 196 Å². The molecule has 5 nitrogen and oxygen atoms in total. The fourth-order valence-electron chi connectivity index (χ4n) is 1.86. The van der Waals surface area contributed by atoms with Gasteiger partial charge in [0.2, 0.25) is 0 Å². The normalized spacial score (nSPS) is 10.7. The van der Waals surface area contributed by atoms with Gasteiger partial charge in [-0.3, -0.25) is 4.84 Å². The van der Waals surface area contributed by atoms with Crippen LogP contribution in [-0.4, -0.2) is 29.7 Å². The van der Waals surface area contributed by atoms with Crippen LogP contribution in [0.3, 0.4) is 0 Å². The molecule has 0 fully saturated rings. The van der Waals surface area contributed by atoms with E-state index in [4.69, 9.17) is 4.84 Å². The molecule has 0 aliphatic carbocycles. The standard InChI is InChI=1S/C17H17Br4N3O2S/c1-3-4-9-26-24(2)17(25)22-10-5-7-11(8-6-10)27-16-14(20)12(18)13(19)15(21)23-16/h5-8H,3-4,9H2,1-2H3,(H,22,25). The molecule has 0 aliphatic heterocycles. The zero-order valence-electron chi connectivity index (χ0n) is 14.6. The van der Waals surface area contributed by atoms with Crippen molar-refractivity contribution in [2.45, 2.75) is 29.7 Å². The van der Waals surface area contributed by atoms with Gasteiger partial charge in [0.1, 0.15) is 9.63 Å². The predicted molar refractivity (Wildman–Crippen MR) is 123 cm³/mol. The quantitative estimate of drug-likeness (QED) is 0.193. The lowest BCUT2D eigenvalue weighted by atomic mass is 10.3. The molecule has 0 unspecified atom stereocenters. The third-order valence-corrected chi connectivity index (χ3v) is 9.11. The first kappa shape index (κ1) is 23.2. The van der Waals surface area contributed by atoms with E-state index in [1.54, 1.807) is 7.05 Å². The van der Waals surface area contributed by atoms with Gasteiger partial charge in [0.05, 0.1) is 20.0 Å². The number of amides is 2. The van der Waals surface area contributed by atoms with E-state index in [1.165, 1.54) is 16.8 Å². The second-order valence-electron chi connectivity index (χ2n) is 5.39. The number of halogens is 4. The number of nitrogens with zero attached hydrogens (tertiary/aromatic N) is 2. The molecule has 0 atom stereocenters. The molecule has 1 N–H and O–H groups in total. The minimum atomic E-state index is -0.309. The van der Waals surface area contributed by atoms with E-state index in [1.807, 2.05) is 24.3 Å². The highest BCUT2D eigenvalue weighted by Crippen LogP contribution is 2.42. The van der Waals surface area contributed by atoms with Gasteiger partial charge < -0.3 is 5.32 Å². The van der Waals surface area contributed by atoms with Crippen LogP contribution >= 0.6 is 75.5 Å². The molecule has 2 aromatic rings. The fourth-order valence-corrected chi connectivity index (χ4v) is 5.03. The minimum Gasteiger partial charge on any atom is -0.306 e. The van der Waals surface area contributed by atoms with Crippen LogP contribution < -0.4 is 5.32 Å². The molecule has 0 spiro atoms. The number of hydroxylamine groups is 2. The first-order valence-electron chi connectivity index (χ1n) is 7.99. The second-order valence-corrected chi connectivity index (χ2v) is 9.58. The maximum Gasteiger partial charge on any atom is 0.345 e. The van der Waals surface area contributed by atoms with Crippen molar-refractivity contribution in [3.05, 3.63) is 42.3 Å². The van der Waals surface area contributed by atoms with Crippen LogP contribution in [0.1, 0.15) is 19.8 Å². The number of urea groups is 1. The van der Waals surface area contributed by atoms with Crippen LogP contribution in [0.15, 0.2) is 52.2 Å². The molecule has 0 bridgehead atoms. The highest BCUT2D eigenvalue weighted by atomic mass is 79.9. The molecule has 0 aliphatic rings. The number of unbranched alkanes of at least 4 members (excludes halogenated alkanes) is 1. The van der Waals surface area contributed by atoms with Crippen LogP contribution in [-0.2, 0) is 4.84 Å². The van der Waals surface area contributed by atoms with Crippen molar-refractivity contribution in [2.24, 2.45) is 0 Å². The monoisotopic (exact) mass is 643 g/mol. The summed E-state index contributed by atoms with van der Waals surface area (Å²) in [5.74, 6) is 0. The van der Waals surface area contributed by atoms with Crippen molar-refractivity contribution in [1.29, 1.82) is 0 Å². The number of benzene rings is 1. The summed E-state index contributed by atoms with van der Waals surface area (Å²) in [7, 11) is 1.60. The molecule has 1 aromatic heterocycles. The lowest BCUT2D eigenvalue weighted by Crippen LogP contribution is -2.31. The smallest absolute Gasteiger partial charge is 0.306 e. The Morgan fingerprint density at radius 2 is 1.81 bits per heavy atom. The Morgan fingerprint density at radius 3 is 2.44 bits per heavy atom. The summed E-state index contributed by atoms with van der Waals surface area (Å²) >= 11 is 15.5. The number of nitrogens with one attached hydrogen (secondary N) is 1. The van der Waals surface area contributed by atoms with Gasteiger partial charge in [-0.1, -0.05) is 25.1 Å². The second kappa shape index (κ2) is 11.2. The highest BCUT2D eigenvalue weighted by molar-refractivity contribution is 9.15. The number of hydrogen-bond acceptors (Lipinski definition) is 4. The minimum absolute atomic E-state index is 0.309. The van der Waals surface area contributed by atoms with Crippen molar-refractivity contribution in [3.8, 4) is 0 Å². The summed E-state index contributed by atoms with van der Waals surface area (Å²) in [4.78, 5) is 23.0. The first-order valence-corrected chi connectivity index (χ1v) is 12.0. The molecule has 0 radical (unpaired) electrons. The van der Waals surface area contributed by atoms with Gasteiger partial charge in [-0.2, -0.15) is 0 Å². The van der Waals surface area contributed by atoms with Crippen molar-refractivity contribution >= 4 is 87.2 Å². The van der Waals surface area contributed by atoms with Gasteiger partial charge in [-0.25, -0.2) is 14.8 Å². The van der Waals surface area contributed by atoms with E-state index in [-0.39, 0.29) is 6.03 Å². The largest absolute Gasteiger partial charge is 0.345 e. The maximum atomic E-state index is 12.1. The number of carbonyl (C=O) groups excluding carboxylic acids is 1. The third kappa shape index (κ3) is 6.71. The average Bonchev–Trinajstić information content (AvgIpc) is 2.66. The molecule has 0 saturated carbocycles. The molecule has 2 rings (SSSR count). The Balaban J connectivity index is 2.01. The summed E-state index contributed by atoms with van der Waals surface area (Å²) in [6.07, 6.45) is 1.93. The number of hydrogen-bond donors (Lipinski definition) is 1. The van der Waals surface area contributed by atoms with E-state index in [0.29, 0.717) is 12.3 Å². The van der Waals surface area contributed by atoms with Gasteiger partial charge in [0.15, 0.2) is 0 Å². The van der Waals surface area contributed by atoms with E-state index in [2.05, 4.69) is 80.9 Å². The van der Waals surface area contributed by atoms with Gasteiger partial charge in [-0.15, -0.1) is 0 Å². The summed E-state index contributed by atoms with van der Waals surface area (Å²) in [5, 5.41) is 4.84. The first-order chi connectivity index (χ1) is 12.8. The number of rotatable bonds is 7. The van der Waals surface area contributed by atoms with Crippen molar-refractivity contribution in [3.63, 3.8) is 0 Å². The molecule has 146 valence electrons. The molecular weight excluding hydrogens is 630 g/mol. The molecule has 1 aromatic carbocycles. The lowest BCUT2D eigenvalue weighted by Gasteiger charge is -2.17. The van der Waals surface area contributed by atoms with Gasteiger partial charge in [0.25, 0.3) is 0 Å². The number of anilines is 1. The Hall–Kier alpha value is -0.130. The maximum absolute atomic E-state index is 12.1. The Morgan fingerprint density at radius 1 is 1.15 bits per heavy atom. The lowest BCUT2D eigenvalue weighted by molar-refractivity contribution is -0.0948. The van der Waals surface area contributed by atoms with Crippen LogP contribution in [0.4, 0.5) is 10.5 Å². The molecule has 2 amide bonds. The molecule has 27 heavy (non-hydrogen) atoms. The van der Waals surface area contributed by atoms with E-state index in [0.717, 1.165) is 40.8 Å². The molecular formula is C17H17Br4N3O2S.